The molecule has 1 fully saturated rings. The van der Waals surface area contributed by atoms with Crippen molar-refractivity contribution in [2.45, 2.75) is 26.3 Å². The third-order valence-corrected chi connectivity index (χ3v) is 6.33. The summed E-state index contributed by atoms with van der Waals surface area (Å²) in [7, 11) is 0. The predicted molar refractivity (Wildman–Crippen MR) is 73.4 cm³/mol. The van der Waals surface area contributed by atoms with Crippen LogP contribution in [-0.2, 0) is 0 Å². The maximum atomic E-state index is 3.60. The first-order chi connectivity index (χ1) is 7.13. The zero-order valence-electron chi connectivity index (χ0n) is 8.89. The quantitative estimate of drug-likeness (QED) is 0.836. The van der Waals surface area contributed by atoms with Crippen molar-refractivity contribution in [2.24, 2.45) is 11.8 Å². The van der Waals surface area contributed by atoms with E-state index in [0.29, 0.717) is 6.04 Å². The summed E-state index contributed by atoms with van der Waals surface area (Å²) in [5.41, 5.74) is 0. The van der Waals surface area contributed by atoms with E-state index in [1.807, 2.05) is 11.3 Å². The summed E-state index contributed by atoms with van der Waals surface area (Å²) in [6.07, 6.45) is 1.37. The molecular formula is C11H15Br2NS. The van der Waals surface area contributed by atoms with E-state index in [1.54, 1.807) is 0 Å². The lowest BCUT2D eigenvalue weighted by Crippen LogP contribution is -2.22. The molecule has 1 aliphatic carbocycles. The Labute approximate surface area is 112 Å². The molecule has 4 heteroatoms. The van der Waals surface area contributed by atoms with Crippen LogP contribution in [0.5, 0.6) is 0 Å². The first kappa shape index (κ1) is 12.1. The second-order valence-corrected chi connectivity index (χ2v) is 7.44. The van der Waals surface area contributed by atoms with Crippen molar-refractivity contribution in [1.29, 1.82) is 0 Å². The molecule has 1 heterocycles. The van der Waals surface area contributed by atoms with Crippen molar-refractivity contribution >= 4 is 43.2 Å². The van der Waals surface area contributed by atoms with Crippen LogP contribution in [0.1, 0.15) is 31.2 Å². The van der Waals surface area contributed by atoms with Crippen LogP contribution < -0.4 is 5.32 Å². The number of nitrogens with one attached hydrogen (secondary N) is 1. The van der Waals surface area contributed by atoms with E-state index in [1.165, 1.54) is 19.6 Å². The molecule has 1 aromatic heterocycles. The number of thiophene rings is 1. The summed E-state index contributed by atoms with van der Waals surface area (Å²) in [4.78, 5) is 1.45. The van der Waals surface area contributed by atoms with E-state index in [9.17, 15) is 0 Å². The molecule has 1 aliphatic rings. The smallest absolute Gasteiger partial charge is 0.0843 e. The molecule has 3 unspecified atom stereocenters. The highest BCUT2D eigenvalue weighted by Crippen LogP contribution is 2.49. The summed E-state index contributed by atoms with van der Waals surface area (Å²) < 4.78 is 2.38. The fraction of sp³-hybridized carbons (Fsp3) is 0.636. The number of halogens is 2. The SMILES string of the molecule is CCNC(c1cc(Br)c(Br)s1)C1CC1C. The molecule has 0 aliphatic heterocycles. The molecule has 1 nitrogen and oxygen atoms in total. The Morgan fingerprint density at radius 2 is 2.27 bits per heavy atom. The van der Waals surface area contributed by atoms with Gasteiger partial charge >= 0.3 is 0 Å². The summed E-state index contributed by atoms with van der Waals surface area (Å²) in [5.74, 6) is 1.72. The van der Waals surface area contributed by atoms with Crippen LogP contribution in [0.15, 0.2) is 14.3 Å². The van der Waals surface area contributed by atoms with Gasteiger partial charge < -0.3 is 5.32 Å². The largest absolute Gasteiger partial charge is 0.309 e. The standard InChI is InChI=1S/C11H15Br2NS/c1-3-14-10(7-4-6(7)2)9-5-8(12)11(13)15-9/h5-7,10,14H,3-4H2,1-2H3. The van der Waals surface area contributed by atoms with Crippen molar-refractivity contribution in [2.75, 3.05) is 6.54 Å². The van der Waals surface area contributed by atoms with Crippen LogP contribution in [-0.4, -0.2) is 6.54 Å². The van der Waals surface area contributed by atoms with E-state index in [4.69, 9.17) is 0 Å². The maximum absolute atomic E-state index is 3.60. The van der Waals surface area contributed by atoms with Crippen LogP contribution in [0.4, 0.5) is 0 Å². The second-order valence-electron chi connectivity index (χ2n) is 4.18. The van der Waals surface area contributed by atoms with Gasteiger partial charge in [0.2, 0.25) is 0 Å². The fourth-order valence-electron chi connectivity index (χ4n) is 2.01. The highest BCUT2D eigenvalue weighted by atomic mass is 79.9. The lowest BCUT2D eigenvalue weighted by atomic mass is 10.1. The molecule has 3 atom stereocenters. The molecule has 15 heavy (non-hydrogen) atoms. The molecule has 0 amide bonds. The van der Waals surface area contributed by atoms with Gasteiger partial charge in [-0.15, -0.1) is 11.3 Å². The van der Waals surface area contributed by atoms with Gasteiger partial charge in [-0.1, -0.05) is 13.8 Å². The third-order valence-electron chi connectivity index (χ3n) is 2.99. The Balaban J connectivity index is 2.16. The van der Waals surface area contributed by atoms with Gasteiger partial charge in [-0.25, -0.2) is 0 Å². The highest BCUT2D eigenvalue weighted by Gasteiger charge is 2.40. The van der Waals surface area contributed by atoms with E-state index in [-0.39, 0.29) is 0 Å². The Morgan fingerprint density at radius 3 is 2.67 bits per heavy atom. The van der Waals surface area contributed by atoms with E-state index < -0.39 is 0 Å². The molecule has 0 bridgehead atoms. The molecule has 0 spiro atoms. The Hall–Kier alpha value is 0.620. The first-order valence-electron chi connectivity index (χ1n) is 5.31. The van der Waals surface area contributed by atoms with Gasteiger partial charge in [0, 0.05) is 15.4 Å². The van der Waals surface area contributed by atoms with Gasteiger partial charge in [-0.3, -0.25) is 0 Å². The molecule has 1 aromatic rings. The second kappa shape index (κ2) is 4.86. The maximum Gasteiger partial charge on any atom is 0.0843 e. The van der Waals surface area contributed by atoms with Crippen LogP contribution >= 0.6 is 43.2 Å². The predicted octanol–water partition coefficient (Wildman–Crippen LogP) is 4.58. The van der Waals surface area contributed by atoms with Crippen molar-refractivity contribution in [3.8, 4) is 0 Å². The minimum Gasteiger partial charge on any atom is -0.309 e. The van der Waals surface area contributed by atoms with Crippen LogP contribution in [0.2, 0.25) is 0 Å². The zero-order chi connectivity index (χ0) is 11.0. The number of hydrogen-bond acceptors (Lipinski definition) is 2. The van der Waals surface area contributed by atoms with Gasteiger partial charge in [-0.2, -0.15) is 0 Å². The van der Waals surface area contributed by atoms with E-state index in [2.05, 4.69) is 57.1 Å². The molecule has 1 N–H and O–H groups in total. The fourth-order valence-corrected chi connectivity index (χ4v) is 4.26. The van der Waals surface area contributed by atoms with Crippen molar-refractivity contribution in [3.05, 3.63) is 19.2 Å². The molecule has 0 radical (unpaired) electrons. The van der Waals surface area contributed by atoms with Gasteiger partial charge in [0.25, 0.3) is 0 Å². The minimum absolute atomic E-state index is 0.553. The topological polar surface area (TPSA) is 12.0 Å². The molecular weight excluding hydrogens is 338 g/mol. The van der Waals surface area contributed by atoms with Crippen LogP contribution in [0.25, 0.3) is 0 Å². The monoisotopic (exact) mass is 351 g/mol. The molecule has 2 rings (SSSR count). The molecule has 1 saturated carbocycles. The van der Waals surface area contributed by atoms with Gasteiger partial charge in [0.05, 0.1) is 3.79 Å². The van der Waals surface area contributed by atoms with Crippen LogP contribution in [0, 0.1) is 11.8 Å². The molecule has 0 saturated heterocycles. The average Bonchev–Trinajstić information content (AvgIpc) is 2.81. The van der Waals surface area contributed by atoms with E-state index >= 15 is 0 Å². The minimum atomic E-state index is 0.553. The Bertz CT molecular complexity index is 331. The first-order valence-corrected chi connectivity index (χ1v) is 7.71. The zero-order valence-corrected chi connectivity index (χ0v) is 12.9. The summed E-state index contributed by atoms with van der Waals surface area (Å²) in [6, 6.07) is 2.80. The lowest BCUT2D eigenvalue weighted by Gasteiger charge is -2.15. The number of hydrogen-bond donors (Lipinski definition) is 1. The summed E-state index contributed by atoms with van der Waals surface area (Å²) in [6.45, 7) is 5.56. The third kappa shape index (κ3) is 2.65. The van der Waals surface area contributed by atoms with Gasteiger partial charge in [0.15, 0.2) is 0 Å². The highest BCUT2D eigenvalue weighted by molar-refractivity contribution is 9.13. The van der Waals surface area contributed by atoms with Crippen molar-refractivity contribution < 1.29 is 0 Å². The Morgan fingerprint density at radius 1 is 1.60 bits per heavy atom. The van der Waals surface area contributed by atoms with Crippen LogP contribution in [0.3, 0.4) is 0 Å². The molecule has 0 aromatic carbocycles. The van der Waals surface area contributed by atoms with E-state index in [0.717, 1.165) is 18.4 Å². The summed E-state index contributed by atoms with van der Waals surface area (Å²) >= 11 is 8.96. The van der Waals surface area contributed by atoms with Gasteiger partial charge in [-0.05, 0) is 62.7 Å². The normalized spacial score (nSPS) is 26.7. The van der Waals surface area contributed by atoms with Crippen molar-refractivity contribution in [3.63, 3.8) is 0 Å². The molecule has 84 valence electrons. The Kier molecular flexibility index (Phi) is 3.92. The lowest BCUT2D eigenvalue weighted by molar-refractivity contribution is 0.483. The average molecular weight is 353 g/mol. The summed E-state index contributed by atoms with van der Waals surface area (Å²) in [5, 5.41) is 3.60. The van der Waals surface area contributed by atoms with Gasteiger partial charge in [0.1, 0.15) is 0 Å². The van der Waals surface area contributed by atoms with Crippen molar-refractivity contribution in [1.82, 2.24) is 5.32 Å². The number of rotatable bonds is 4.